The molecule has 0 aliphatic heterocycles. The van der Waals surface area contributed by atoms with E-state index in [9.17, 15) is 0 Å². The first-order chi connectivity index (χ1) is 10.7. The van der Waals surface area contributed by atoms with Crippen molar-refractivity contribution >= 4 is 11.0 Å². The largest absolute Gasteiger partial charge is 0.490 e. The average molecular weight is 298 g/mol. The van der Waals surface area contributed by atoms with Crippen LogP contribution in [0.3, 0.4) is 0 Å². The Bertz CT molecular complexity index is 723. The van der Waals surface area contributed by atoms with Crippen molar-refractivity contribution in [2.24, 2.45) is 5.73 Å². The average Bonchev–Trinajstić information content (AvgIpc) is 2.94. The Morgan fingerprint density at radius 3 is 2.82 bits per heavy atom. The molecule has 3 aromatic rings. The second-order valence-electron chi connectivity index (χ2n) is 5.14. The lowest BCUT2D eigenvalue weighted by Crippen LogP contribution is -2.34. The number of hydrogen-bond acceptors (Lipinski definition) is 5. The normalized spacial score (nSPS) is 12.3. The van der Waals surface area contributed by atoms with E-state index in [1.54, 1.807) is 12.4 Å². The SMILES string of the molecule is Cc1cncc(OCC(N)COc2nc3ccccc3[nH]2)c1. The summed E-state index contributed by atoms with van der Waals surface area (Å²) in [5.41, 5.74) is 8.84. The van der Waals surface area contributed by atoms with Gasteiger partial charge in [0, 0.05) is 6.20 Å². The van der Waals surface area contributed by atoms with Crippen molar-refractivity contribution in [1.82, 2.24) is 15.0 Å². The molecule has 6 nitrogen and oxygen atoms in total. The highest BCUT2D eigenvalue weighted by molar-refractivity contribution is 5.75. The van der Waals surface area contributed by atoms with Crippen molar-refractivity contribution in [3.05, 3.63) is 48.3 Å². The summed E-state index contributed by atoms with van der Waals surface area (Å²) >= 11 is 0. The van der Waals surface area contributed by atoms with Gasteiger partial charge in [-0.25, -0.2) is 0 Å². The number of para-hydroxylation sites is 2. The summed E-state index contributed by atoms with van der Waals surface area (Å²) in [4.78, 5) is 11.5. The van der Waals surface area contributed by atoms with Crippen LogP contribution >= 0.6 is 0 Å². The van der Waals surface area contributed by atoms with Gasteiger partial charge in [-0.3, -0.25) is 4.98 Å². The number of imidazole rings is 1. The molecule has 1 atom stereocenters. The van der Waals surface area contributed by atoms with Gasteiger partial charge >= 0.3 is 0 Å². The third kappa shape index (κ3) is 3.53. The molecule has 0 aliphatic carbocycles. The van der Waals surface area contributed by atoms with E-state index in [0.29, 0.717) is 25.0 Å². The third-order valence-electron chi connectivity index (χ3n) is 3.12. The maximum Gasteiger partial charge on any atom is 0.294 e. The van der Waals surface area contributed by atoms with Gasteiger partial charge in [-0.15, -0.1) is 0 Å². The summed E-state index contributed by atoms with van der Waals surface area (Å²) in [7, 11) is 0. The minimum absolute atomic E-state index is 0.256. The van der Waals surface area contributed by atoms with Gasteiger partial charge in [-0.1, -0.05) is 12.1 Å². The minimum atomic E-state index is -0.256. The second-order valence-corrected chi connectivity index (χ2v) is 5.14. The standard InChI is InChI=1S/C16H18N4O2/c1-11-6-13(8-18-7-11)21-9-12(17)10-22-16-19-14-4-2-3-5-15(14)20-16/h2-8,12H,9-10,17H2,1H3,(H,19,20). The van der Waals surface area contributed by atoms with Crippen LogP contribution in [0.2, 0.25) is 0 Å². The Kier molecular flexibility index (Phi) is 4.20. The van der Waals surface area contributed by atoms with E-state index in [1.807, 2.05) is 37.3 Å². The zero-order valence-corrected chi connectivity index (χ0v) is 12.3. The molecule has 0 aliphatic rings. The van der Waals surface area contributed by atoms with E-state index in [1.165, 1.54) is 0 Å². The fraction of sp³-hybridized carbons (Fsp3) is 0.250. The molecule has 0 amide bonds. The molecular weight excluding hydrogens is 280 g/mol. The number of hydrogen-bond donors (Lipinski definition) is 2. The first-order valence-electron chi connectivity index (χ1n) is 7.08. The molecule has 0 saturated carbocycles. The number of ether oxygens (including phenoxy) is 2. The van der Waals surface area contributed by atoms with Gasteiger partial charge in [0.2, 0.25) is 0 Å². The smallest absolute Gasteiger partial charge is 0.294 e. The molecular formula is C16H18N4O2. The molecule has 3 rings (SSSR count). The highest BCUT2D eigenvalue weighted by atomic mass is 16.5. The van der Waals surface area contributed by atoms with Crippen LogP contribution in [0.25, 0.3) is 11.0 Å². The van der Waals surface area contributed by atoms with E-state index in [0.717, 1.165) is 16.6 Å². The van der Waals surface area contributed by atoms with E-state index >= 15 is 0 Å². The molecule has 22 heavy (non-hydrogen) atoms. The fourth-order valence-electron chi connectivity index (χ4n) is 2.04. The van der Waals surface area contributed by atoms with Crippen LogP contribution in [0.4, 0.5) is 0 Å². The molecule has 6 heteroatoms. The molecule has 2 heterocycles. The first kappa shape index (κ1) is 14.3. The van der Waals surface area contributed by atoms with Crippen LogP contribution in [-0.2, 0) is 0 Å². The number of aryl methyl sites for hydroxylation is 1. The van der Waals surface area contributed by atoms with E-state index in [4.69, 9.17) is 15.2 Å². The predicted octanol–water partition coefficient (Wildman–Crippen LogP) is 2.05. The number of aromatic nitrogens is 3. The maximum atomic E-state index is 5.99. The molecule has 0 saturated heterocycles. The summed E-state index contributed by atoms with van der Waals surface area (Å²) in [6.07, 6.45) is 3.44. The molecule has 2 aromatic heterocycles. The first-order valence-corrected chi connectivity index (χ1v) is 7.08. The summed E-state index contributed by atoms with van der Waals surface area (Å²) < 4.78 is 11.2. The van der Waals surface area contributed by atoms with Gasteiger partial charge in [0.1, 0.15) is 19.0 Å². The van der Waals surface area contributed by atoms with E-state index in [-0.39, 0.29) is 6.04 Å². The maximum absolute atomic E-state index is 5.99. The van der Waals surface area contributed by atoms with Gasteiger partial charge in [0.05, 0.1) is 23.3 Å². The monoisotopic (exact) mass is 298 g/mol. The summed E-state index contributed by atoms with van der Waals surface area (Å²) in [5.74, 6) is 0.708. The molecule has 0 bridgehead atoms. The number of nitrogens with one attached hydrogen (secondary N) is 1. The molecule has 1 unspecified atom stereocenters. The second kappa shape index (κ2) is 6.44. The zero-order chi connectivity index (χ0) is 15.4. The number of H-pyrrole nitrogens is 1. The highest BCUT2D eigenvalue weighted by Crippen LogP contribution is 2.15. The van der Waals surface area contributed by atoms with Crippen LogP contribution in [0.1, 0.15) is 5.56 Å². The van der Waals surface area contributed by atoms with Crippen LogP contribution in [-0.4, -0.2) is 34.2 Å². The summed E-state index contributed by atoms with van der Waals surface area (Å²) in [6.45, 7) is 2.63. The van der Waals surface area contributed by atoms with E-state index < -0.39 is 0 Å². The highest BCUT2D eigenvalue weighted by Gasteiger charge is 2.08. The lowest BCUT2D eigenvalue weighted by atomic mass is 10.3. The molecule has 3 N–H and O–H groups in total. The minimum Gasteiger partial charge on any atom is -0.490 e. The van der Waals surface area contributed by atoms with Gasteiger partial charge in [0.15, 0.2) is 0 Å². The number of nitrogens with two attached hydrogens (primary N) is 1. The molecule has 0 radical (unpaired) electrons. The quantitative estimate of drug-likeness (QED) is 0.727. The number of nitrogens with zero attached hydrogens (tertiary/aromatic N) is 2. The van der Waals surface area contributed by atoms with Gasteiger partial charge in [-0.2, -0.15) is 4.98 Å². The lowest BCUT2D eigenvalue weighted by molar-refractivity contribution is 0.211. The van der Waals surface area contributed by atoms with Crippen molar-refractivity contribution in [1.29, 1.82) is 0 Å². The van der Waals surface area contributed by atoms with Gasteiger partial charge in [0.25, 0.3) is 6.01 Å². The van der Waals surface area contributed by atoms with Gasteiger partial charge < -0.3 is 20.2 Å². The Balaban J connectivity index is 1.50. The van der Waals surface area contributed by atoms with Crippen LogP contribution in [0.15, 0.2) is 42.7 Å². The van der Waals surface area contributed by atoms with E-state index in [2.05, 4.69) is 15.0 Å². The number of aromatic amines is 1. The number of fused-ring (bicyclic) bond motifs is 1. The van der Waals surface area contributed by atoms with Crippen molar-refractivity contribution in [2.45, 2.75) is 13.0 Å². The van der Waals surface area contributed by atoms with Crippen molar-refractivity contribution in [3.8, 4) is 11.8 Å². The van der Waals surface area contributed by atoms with Crippen LogP contribution < -0.4 is 15.2 Å². The Labute approximate surface area is 128 Å². The lowest BCUT2D eigenvalue weighted by Gasteiger charge is -2.13. The molecule has 1 aromatic carbocycles. The predicted molar refractivity (Wildman–Crippen MR) is 84.0 cm³/mol. The number of rotatable bonds is 6. The van der Waals surface area contributed by atoms with Crippen molar-refractivity contribution < 1.29 is 9.47 Å². The topological polar surface area (TPSA) is 86.1 Å². The Morgan fingerprint density at radius 2 is 2.00 bits per heavy atom. The zero-order valence-electron chi connectivity index (χ0n) is 12.3. The summed E-state index contributed by atoms with van der Waals surface area (Å²) in [5, 5.41) is 0. The Morgan fingerprint density at radius 1 is 1.18 bits per heavy atom. The third-order valence-corrected chi connectivity index (χ3v) is 3.12. The molecule has 0 spiro atoms. The van der Waals surface area contributed by atoms with Crippen LogP contribution in [0.5, 0.6) is 11.8 Å². The van der Waals surface area contributed by atoms with Crippen LogP contribution in [0, 0.1) is 6.92 Å². The van der Waals surface area contributed by atoms with Crippen molar-refractivity contribution in [3.63, 3.8) is 0 Å². The molecule has 0 fully saturated rings. The number of pyridine rings is 1. The Hall–Kier alpha value is -2.60. The number of benzene rings is 1. The van der Waals surface area contributed by atoms with Crippen molar-refractivity contribution in [2.75, 3.05) is 13.2 Å². The van der Waals surface area contributed by atoms with Gasteiger partial charge in [-0.05, 0) is 30.7 Å². The summed E-state index contributed by atoms with van der Waals surface area (Å²) in [6, 6.07) is 9.87. The fourth-order valence-corrected chi connectivity index (χ4v) is 2.04. The molecule has 114 valence electrons.